The summed E-state index contributed by atoms with van der Waals surface area (Å²) in [4.78, 5) is 7.79. The van der Waals surface area contributed by atoms with Crippen LogP contribution in [0.1, 0.15) is 11.3 Å². The Morgan fingerprint density at radius 3 is 2.73 bits per heavy atom. The summed E-state index contributed by atoms with van der Waals surface area (Å²) in [6.07, 6.45) is 1.81. The van der Waals surface area contributed by atoms with E-state index in [1.165, 1.54) is 12.4 Å². The number of rotatable bonds is 2. The summed E-state index contributed by atoms with van der Waals surface area (Å²) in [7, 11) is 0. The third-order valence-corrected chi connectivity index (χ3v) is 2.07. The molecule has 2 aromatic rings. The second-order valence-corrected chi connectivity index (χ2v) is 3.20. The van der Waals surface area contributed by atoms with Crippen LogP contribution in [0.15, 0.2) is 36.7 Å². The fraction of sp³-hybridized carbons (Fsp3) is 0.0909. The molecule has 0 bridgehead atoms. The standard InChI is InChI=1S/C11H10FN3/c12-10-4-2-1-3-8(10)5-9-6-11(13)15-7-14-9/h1-4,6-7H,5H2,(H2,13,14,15). The van der Waals surface area contributed by atoms with Gasteiger partial charge in [-0.05, 0) is 11.6 Å². The van der Waals surface area contributed by atoms with E-state index in [4.69, 9.17) is 5.73 Å². The summed E-state index contributed by atoms with van der Waals surface area (Å²) in [5, 5.41) is 0. The van der Waals surface area contributed by atoms with Crippen LogP contribution in [-0.4, -0.2) is 9.97 Å². The fourth-order valence-corrected chi connectivity index (χ4v) is 1.35. The molecule has 0 amide bonds. The first kappa shape index (κ1) is 9.58. The fourth-order valence-electron chi connectivity index (χ4n) is 1.35. The van der Waals surface area contributed by atoms with Gasteiger partial charge >= 0.3 is 0 Å². The lowest BCUT2D eigenvalue weighted by Crippen LogP contribution is -1.98. The average molecular weight is 203 g/mol. The van der Waals surface area contributed by atoms with Crippen LogP contribution < -0.4 is 5.73 Å². The number of benzene rings is 1. The summed E-state index contributed by atoms with van der Waals surface area (Å²) >= 11 is 0. The van der Waals surface area contributed by atoms with E-state index in [9.17, 15) is 4.39 Å². The molecule has 2 N–H and O–H groups in total. The van der Waals surface area contributed by atoms with Crippen LogP contribution in [0.2, 0.25) is 0 Å². The van der Waals surface area contributed by atoms with Gasteiger partial charge in [-0.3, -0.25) is 0 Å². The number of nitrogen functional groups attached to an aromatic ring is 1. The van der Waals surface area contributed by atoms with E-state index in [2.05, 4.69) is 9.97 Å². The van der Waals surface area contributed by atoms with Crippen molar-refractivity contribution in [3.8, 4) is 0 Å². The molecular formula is C11H10FN3. The zero-order valence-electron chi connectivity index (χ0n) is 8.02. The van der Waals surface area contributed by atoms with Crippen molar-refractivity contribution in [3.63, 3.8) is 0 Å². The highest BCUT2D eigenvalue weighted by Crippen LogP contribution is 2.11. The first-order valence-electron chi connectivity index (χ1n) is 4.55. The molecule has 76 valence electrons. The monoisotopic (exact) mass is 203 g/mol. The predicted molar refractivity (Wildman–Crippen MR) is 55.7 cm³/mol. The predicted octanol–water partition coefficient (Wildman–Crippen LogP) is 1.79. The summed E-state index contributed by atoms with van der Waals surface area (Å²) in [5.74, 6) is 0.172. The SMILES string of the molecule is Nc1cc(Cc2ccccc2F)ncn1. The van der Waals surface area contributed by atoms with Gasteiger partial charge in [-0.2, -0.15) is 0 Å². The Bertz CT molecular complexity index is 471. The molecule has 15 heavy (non-hydrogen) atoms. The Morgan fingerprint density at radius 2 is 2.00 bits per heavy atom. The molecule has 0 aliphatic carbocycles. The minimum atomic E-state index is -0.227. The smallest absolute Gasteiger partial charge is 0.127 e. The zero-order chi connectivity index (χ0) is 10.7. The lowest BCUT2D eigenvalue weighted by atomic mass is 10.1. The molecule has 0 spiro atoms. The van der Waals surface area contributed by atoms with Crippen LogP contribution in [-0.2, 0) is 6.42 Å². The summed E-state index contributed by atoms with van der Waals surface area (Å²) < 4.78 is 13.3. The minimum absolute atomic E-state index is 0.227. The second kappa shape index (κ2) is 4.04. The van der Waals surface area contributed by atoms with Gasteiger partial charge in [-0.25, -0.2) is 14.4 Å². The highest BCUT2D eigenvalue weighted by Gasteiger charge is 2.03. The van der Waals surface area contributed by atoms with Gasteiger partial charge in [0.2, 0.25) is 0 Å². The van der Waals surface area contributed by atoms with E-state index in [0.717, 1.165) is 0 Å². The molecule has 1 heterocycles. The molecule has 4 heteroatoms. The van der Waals surface area contributed by atoms with Crippen LogP contribution >= 0.6 is 0 Å². The van der Waals surface area contributed by atoms with Gasteiger partial charge in [0.15, 0.2) is 0 Å². The van der Waals surface area contributed by atoms with E-state index in [-0.39, 0.29) is 5.82 Å². The van der Waals surface area contributed by atoms with E-state index >= 15 is 0 Å². The first-order chi connectivity index (χ1) is 7.25. The van der Waals surface area contributed by atoms with Crippen molar-refractivity contribution in [2.45, 2.75) is 6.42 Å². The molecule has 0 unspecified atom stereocenters. The Kier molecular flexibility index (Phi) is 2.58. The molecule has 0 fully saturated rings. The van der Waals surface area contributed by atoms with E-state index in [1.807, 2.05) is 0 Å². The van der Waals surface area contributed by atoms with Crippen molar-refractivity contribution in [2.24, 2.45) is 0 Å². The van der Waals surface area contributed by atoms with Crippen molar-refractivity contribution in [2.75, 3.05) is 5.73 Å². The van der Waals surface area contributed by atoms with Gasteiger partial charge in [0.25, 0.3) is 0 Å². The topological polar surface area (TPSA) is 51.8 Å². The third kappa shape index (κ3) is 2.28. The Morgan fingerprint density at radius 1 is 1.20 bits per heavy atom. The van der Waals surface area contributed by atoms with Crippen LogP contribution in [0, 0.1) is 5.82 Å². The lowest BCUT2D eigenvalue weighted by molar-refractivity contribution is 0.613. The number of halogens is 1. The molecule has 1 aromatic carbocycles. The minimum Gasteiger partial charge on any atom is -0.384 e. The number of nitrogens with zero attached hydrogens (tertiary/aromatic N) is 2. The van der Waals surface area contributed by atoms with Crippen LogP contribution in [0.4, 0.5) is 10.2 Å². The molecule has 1 aromatic heterocycles. The normalized spacial score (nSPS) is 10.2. The molecule has 0 saturated heterocycles. The summed E-state index contributed by atoms with van der Waals surface area (Å²) in [5.41, 5.74) is 6.83. The zero-order valence-corrected chi connectivity index (χ0v) is 8.02. The molecule has 0 aliphatic rings. The van der Waals surface area contributed by atoms with Crippen molar-refractivity contribution in [1.82, 2.24) is 9.97 Å². The van der Waals surface area contributed by atoms with Crippen LogP contribution in [0.5, 0.6) is 0 Å². The van der Waals surface area contributed by atoms with Gasteiger partial charge in [-0.15, -0.1) is 0 Å². The van der Waals surface area contributed by atoms with Crippen molar-refractivity contribution in [1.29, 1.82) is 0 Å². The van der Waals surface area contributed by atoms with Gasteiger partial charge < -0.3 is 5.73 Å². The second-order valence-electron chi connectivity index (χ2n) is 3.20. The third-order valence-electron chi connectivity index (χ3n) is 2.07. The molecule has 0 saturated carbocycles. The van der Waals surface area contributed by atoms with Crippen molar-refractivity contribution >= 4 is 5.82 Å². The Balaban J connectivity index is 2.26. The van der Waals surface area contributed by atoms with Gasteiger partial charge in [-0.1, -0.05) is 18.2 Å². The molecule has 3 nitrogen and oxygen atoms in total. The van der Waals surface area contributed by atoms with Crippen molar-refractivity contribution < 1.29 is 4.39 Å². The maximum Gasteiger partial charge on any atom is 0.127 e. The number of anilines is 1. The number of hydrogen-bond acceptors (Lipinski definition) is 3. The molecule has 0 aliphatic heterocycles. The molecule has 0 atom stereocenters. The van der Waals surface area contributed by atoms with Gasteiger partial charge in [0.1, 0.15) is 18.0 Å². The molecule has 2 rings (SSSR count). The van der Waals surface area contributed by atoms with Crippen LogP contribution in [0.25, 0.3) is 0 Å². The highest BCUT2D eigenvalue weighted by molar-refractivity contribution is 5.31. The Labute approximate surface area is 86.8 Å². The summed E-state index contributed by atoms with van der Waals surface area (Å²) in [6.45, 7) is 0. The first-order valence-corrected chi connectivity index (χ1v) is 4.55. The molecule has 0 radical (unpaired) electrons. The van der Waals surface area contributed by atoms with E-state index < -0.39 is 0 Å². The maximum absolute atomic E-state index is 13.3. The lowest BCUT2D eigenvalue weighted by Gasteiger charge is -2.02. The summed E-state index contributed by atoms with van der Waals surface area (Å²) in [6, 6.07) is 8.26. The highest BCUT2D eigenvalue weighted by atomic mass is 19.1. The van der Waals surface area contributed by atoms with Gasteiger partial charge in [0, 0.05) is 12.5 Å². The van der Waals surface area contributed by atoms with Crippen molar-refractivity contribution in [3.05, 3.63) is 53.7 Å². The van der Waals surface area contributed by atoms with Crippen LogP contribution in [0.3, 0.4) is 0 Å². The Hall–Kier alpha value is -1.97. The van der Waals surface area contributed by atoms with E-state index in [1.54, 1.807) is 24.3 Å². The van der Waals surface area contributed by atoms with Gasteiger partial charge in [0.05, 0.1) is 5.69 Å². The largest absolute Gasteiger partial charge is 0.384 e. The maximum atomic E-state index is 13.3. The average Bonchev–Trinajstić information content (AvgIpc) is 2.22. The number of aromatic nitrogens is 2. The van der Waals surface area contributed by atoms with E-state index in [0.29, 0.717) is 23.5 Å². The number of hydrogen-bond donors (Lipinski definition) is 1. The number of nitrogens with two attached hydrogens (primary N) is 1. The quantitative estimate of drug-likeness (QED) is 0.809. The molecular weight excluding hydrogens is 193 g/mol.